The second kappa shape index (κ2) is 13.0. The summed E-state index contributed by atoms with van der Waals surface area (Å²) in [6.07, 6.45) is 0.457. The van der Waals surface area contributed by atoms with Crippen molar-refractivity contribution in [3.8, 4) is 17.2 Å². The average molecular weight is 750 g/mol. The van der Waals surface area contributed by atoms with E-state index in [4.69, 9.17) is 9.47 Å². The Hall–Kier alpha value is -6.64. The molecule has 0 saturated carbocycles. The topological polar surface area (TPSA) is 216 Å². The maximum Gasteiger partial charge on any atom is 0.328 e. The summed E-state index contributed by atoms with van der Waals surface area (Å²) in [5.74, 6) is -4.09. The summed E-state index contributed by atoms with van der Waals surface area (Å²) in [6, 6.07) is 4.76. The summed E-state index contributed by atoms with van der Waals surface area (Å²) >= 11 is 0. The average Bonchev–Trinajstić information content (AvgIpc) is 3.16. The second-order valence-corrected chi connectivity index (χ2v) is 13.9. The Bertz CT molecular complexity index is 3020. The van der Waals surface area contributed by atoms with Gasteiger partial charge in [-0.05, 0) is 56.0 Å². The lowest BCUT2D eigenvalue weighted by Gasteiger charge is -2.36. The van der Waals surface area contributed by atoms with Crippen LogP contribution in [0.25, 0.3) is 53.9 Å². The van der Waals surface area contributed by atoms with Crippen molar-refractivity contribution in [1.82, 2.24) is 14.8 Å². The lowest BCUT2D eigenvalue weighted by molar-refractivity contribution is -0.151. The molecule has 3 N–H and O–H groups in total. The maximum absolute atomic E-state index is 14.7. The standard InChI is InChI=1S/C40H35N3O12/c1-7-15(2)22-12-20-28(39(51)43(22)14-24(44)42-13-21(40(52)53)41-38(50)17(42)4)34(47)26-18(32(20)45)9-10-19-27(26)35(48)30-31(37(19)55-6)33(46)25-16(3)8-11-23(54-5)29(25)36(30)49/h8-12,15,17,21,48H,7,13-14H2,1-6H3,(H,41,50)(H,52,53). The number of methoxy groups -OCH3 is 2. The highest BCUT2D eigenvalue weighted by atomic mass is 16.5. The van der Waals surface area contributed by atoms with E-state index in [9.17, 15) is 48.6 Å². The van der Waals surface area contributed by atoms with Crippen LogP contribution in [0, 0.1) is 6.92 Å². The van der Waals surface area contributed by atoms with E-state index in [2.05, 4.69) is 5.32 Å². The number of nitrogens with one attached hydrogen (secondary N) is 1. The molecule has 15 nitrogen and oxygen atoms in total. The summed E-state index contributed by atoms with van der Waals surface area (Å²) in [7, 11) is 2.57. The number of carbonyl (C=O) groups excluding carboxylic acids is 2. The number of hydrogen-bond acceptors (Lipinski definition) is 11. The molecule has 0 radical (unpaired) electrons. The first-order valence-electron chi connectivity index (χ1n) is 17.5. The summed E-state index contributed by atoms with van der Waals surface area (Å²) in [4.78, 5) is 111. The molecular formula is C40H35N3O12. The Balaban J connectivity index is 1.59. The number of carboxylic acid groups (broad SMARTS) is 1. The Morgan fingerprint density at radius 1 is 0.836 bits per heavy atom. The van der Waals surface area contributed by atoms with Crippen molar-refractivity contribution in [3.05, 3.63) is 92.8 Å². The van der Waals surface area contributed by atoms with Crippen LogP contribution in [-0.4, -0.2) is 70.3 Å². The molecule has 1 saturated heterocycles. The quantitative estimate of drug-likeness (QED) is 0.158. The molecule has 6 aromatic rings. The van der Waals surface area contributed by atoms with Gasteiger partial charge in [0.15, 0.2) is 10.9 Å². The van der Waals surface area contributed by atoms with E-state index in [0.717, 1.165) is 9.47 Å². The van der Waals surface area contributed by atoms with Gasteiger partial charge in [-0.1, -0.05) is 19.9 Å². The number of amides is 2. The van der Waals surface area contributed by atoms with Gasteiger partial charge in [-0.15, -0.1) is 0 Å². The first-order valence-corrected chi connectivity index (χ1v) is 17.5. The van der Waals surface area contributed by atoms with Crippen LogP contribution in [0.5, 0.6) is 17.2 Å². The molecule has 1 fully saturated rings. The third-order valence-corrected chi connectivity index (χ3v) is 11.0. The van der Waals surface area contributed by atoms with E-state index in [0.29, 0.717) is 12.0 Å². The predicted octanol–water partition coefficient (Wildman–Crippen LogP) is 2.28. The van der Waals surface area contributed by atoms with Crippen LogP contribution < -0.4 is 42.1 Å². The van der Waals surface area contributed by atoms with Crippen molar-refractivity contribution in [3.63, 3.8) is 0 Å². The van der Waals surface area contributed by atoms with Gasteiger partial charge in [0.2, 0.25) is 22.7 Å². The molecular weight excluding hydrogens is 714 g/mol. The number of carbonyl (C=O) groups is 3. The molecule has 5 aromatic carbocycles. The molecule has 3 atom stereocenters. The molecule has 0 bridgehead atoms. The summed E-state index contributed by atoms with van der Waals surface area (Å²) < 4.78 is 12.1. The van der Waals surface area contributed by atoms with Crippen LogP contribution in [0.15, 0.2) is 54.3 Å². The van der Waals surface area contributed by atoms with E-state index in [1.807, 2.05) is 6.92 Å². The third-order valence-electron chi connectivity index (χ3n) is 11.0. The number of ether oxygens (including phenoxy) is 2. The Kier molecular flexibility index (Phi) is 8.70. The number of phenols is 1. The highest BCUT2D eigenvalue weighted by Gasteiger charge is 2.38. The Morgan fingerprint density at radius 3 is 2.13 bits per heavy atom. The number of aromatic hydroxyl groups is 1. The van der Waals surface area contributed by atoms with Gasteiger partial charge < -0.3 is 34.5 Å². The van der Waals surface area contributed by atoms with Gasteiger partial charge in [-0.2, -0.15) is 0 Å². The van der Waals surface area contributed by atoms with Crippen molar-refractivity contribution >= 4 is 71.6 Å². The smallest absolute Gasteiger partial charge is 0.328 e. The molecule has 3 unspecified atom stereocenters. The van der Waals surface area contributed by atoms with Crippen LogP contribution in [0.2, 0.25) is 0 Å². The number of rotatable bonds is 7. The molecule has 2 amide bonds. The zero-order valence-corrected chi connectivity index (χ0v) is 30.6. The van der Waals surface area contributed by atoms with E-state index in [1.54, 1.807) is 19.9 Å². The lowest BCUT2D eigenvalue weighted by atomic mass is 9.90. The summed E-state index contributed by atoms with van der Waals surface area (Å²) in [5.41, 5.74) is -3.44. The number of phenolic OH excluding ortho intramolecular Hbond substituents is 1. The number of piperazine rings is 1. The number of fused-ring (bicyclic) bond motifs is 6. The van der Waals surface area contributed by atoms with Crippen molar-refractivity contribution in [2.45, 2.75) is 58.7 Å². The SMILES string of the molecule is CCC(C)c1cc2c(=O)c3ccc4c(OC)c5c(=O)c6c(C)ccc(OC)c6c(=O)c5c(O)c4c3c(=O)c2c(=O)n1CC(=O)N1CC(C(=O)O)NC(=O)C1C. The molecule has 0 aliphatic carbocycles. The molecule has 282 valence electrons. The largest absolute Gasteiger partial charge is 0.506 e. The Morgan fingerprint density at radius 2 is 1.49 bits per heavy atom. The van der Waals surface area contributed by atoms with Crippen LogP contribution >= 0.6 is 0 Å². The van der Waals surface area contributed by atoms with Gasteiger partial charge in [0, 0.05) is 38.0 Å². The lowest BCUT2D eigenvalue weighted by Crippen LogP contribution is -2.63. The number of hydrogen-bond donors (Lipinski definition) is 3. The molecule has 7 rings (SSSR count). The normalized spacial score (nSPS) is 16.6. The molecule has 15 heteroatoms. The van der Waals surface area contributed by atoms with Crippen LogP contribution in [0.1, 0.15) is 44.4 Å². The number of carboxylic acids is 1. The van der Waals surface area contributed by atoms with Crippen molar-refractivity contribution in [2.24, 2.45) is 0 Å². The monoisotopic (exact) mass is 749 g/mol. The van der Waals surface area contributed by atoms with Gasteiger partial charge >= 0.3 is 5.97 Å². The van der Waals surface area contributed by atoms with E-state index < -0.39 is 91.5 Å². The number of aromatic nitrogens is 1. The number of benzene rings is 5. The molecule has 2 heterocycles. The van der Waals surface area contributed by atoms with E-state index in [-0.39, 0.29) is 61.4 Å². The number of pyridine rings is 1. The van der Waals surface area contributed by atoms with Crippen LogP contribution in [0.4, 0.5) is 0 Å². The predicted molar refractivity (Wildman–Crippen MR) is 205 cm³/mol. The van der Waals surface area contributed by atoms with Gasteiger partial charge in [0.1, 0.15) is 35.9 Å². The number of aliphatic carboxylic acids is 1. The minimum Gasteiger partial charge on any atom is -0.506 e. The fourth-order valence-corrected chi connectivity index (χ4v) is 7.86. The van der Waals surface area contributed by atoms with E-state index >= 15 is 0 Å². The van der Waals surface area contributed by atoms with Gasteiger partial charge in [0.25, 0.3) is 5.56 Å². The zero-order valence-electron chi connectivity index (χ0n) is 30.6. The van der Waals surface area contributed by atoms with Crippen molar-refractivity contribution < 1.29 is 34.1 Å². The first kappa shape index (κ1) is 36.7. The van der Waals surface area contributed by atoms with Crippen molar-refractivity contribution in [1.29, 1.82) is 0 Å². The minimum atomic E-state index is -1.39. The molecule has 1 aromatic heterocycles. The highest BCUT2D eigenvalue weighted by Crippen LogP contribution is 2.43. The molecule has 0 spiro atoms. The fourth-order valence-electron chi connectivity index (χ4n) is 7.86. The minimum absolute atomic E-state index is 0.0179. The van der Waals surface area contributed by atoms with Crippen LogP contribution in [-0.2, 0) is 20.9 Å². The highest BCUT2D eigenvalue weighted by molar-refractivity contribution is 6.23. The van der Waals surface area contributed by atoms with Crippen LogP contribution in [0.3, 0.4) is 0 Å². The third kappa shape index (κ3) is 5.16. The van der Waals surface area contributed by atoms with E-state index in [1.165, 1.54) is 45.4 Å². The fraction of sp³-hybridized carbons (Fsp3) is 0.300. The molecule has 55 heavy (non-hydrogen) atoms. The van der Waals surface area contributed by atoms with Gasteiger partial charge in [-0.25, -0.2) is 4.79 Å². The van der Waals surface area contributed by atoms with Gasteiger partial charge in [-0.3, -0.25) is 33.6 Å². The van der Waals surface area contributed by atoms with Crippen molar-refractivity contribution in [2.75, 3.05) is 20.8 Å². The molecule has 1 aliphatic rings. The van der Waals surface area contributed by atoms with Gasteiger partial charge in [0.05, 0.1) is 42.3 Å². The second-order valence-electron chi connectivity index (χ2n) is 13.9. The maximum atomic E-state index is 14.7. The Labute approximate surface area is 309 Å². The zero-order chi connectivity index (χ0) is 39.9. The first-order chi connectivity index (χ1) is 26.1. The number of nitrogens with zero attached hydrogens (tertiary/aromatic N) is 2. The number of aryl methyl sites for hydroxylation is 1. The summed E-state index contributed by atoms with van der Waals surface area (Å²) in [6.45, 7) is 5.57. The summed E-state index contributed by atoms with van der Waals surface area (Å²) in [5, 5.41) is 21.4. The molecule has 1 aliphatic heterocycles.